The van der Waals surface area contributed by atoms with Crippen LogP contribution in [-0.2, 0) is 26.2 Å². The molecule has 0 aromatic heterocycles. The molecule has 0 aliphatic heterocycles. The smallest absolute Gasteiger partial charge is 0.244 e. The SMILES string of the molecule is CC[C@H](C(=O)NC)N(Cc1ccc(Cl)cc1)C(=O)CN(c1cccc(Cl)c1Cl)S(C)(=O)=O. The fourth-order valence-corrected chi connectivity index (χ4v) is 4.58. The predicted octanol–water partition coefficient (Wildman–Crippen LogP) is 3.97. The van der Waals surface area contributed by atoms with E-state index in [9.17, 15) is 18.0 Å². The lowest BCUT2D eigenvalue weighted by molar-refractivity contribution is -0.140. The first kappa shape index (κ1) is 26.3. The minimum atomic E-state index is -3.90. The molecule has 2 rings (SSSR count). The van der Waals surface area contributed by atoms with Gasteiger partial charge in [0.1, 0.15) is 12.6 Å². The van der Waals surface area contributed by atoms with Gasteiger partial charge < -0.3 is 10.2 Å². The molecule has 32 heavy (non-hydrogen) atoms. The Hall–Kier alpha value is -2.00. The van der Waals surface area contributed by atoms with Crippen molar-refractivity contribution in [2.24, 2.45) is 0 Å². The summed E-state index contributed by atoms with van der Waals surface area (Å²) in [6, 6.07) is 10.5. The Morgan fingerprint density at radius 1 is 1.06 bits per heavy atom. The van der Waals surface area contributed by atoms with E-state index in [1.165, 1.54) is 30.1 Å². The average molecular weight is 521 g/mol. The van der Waals surface area contributed by atoms with Crippen LogP contribution in [0, 0.1) is 0 Å². The van der Waals surface area contributed by atoms with Crippen molar-refractivity contribution in [3.05, 3.63) is 63.1 Å². The molecule has 1 atom stereocenters. The topological polar surface area (TPSA) is 86.8 Å². The molecule has 7 nitrogen and oxygen atoms in total. The second-order valence-electron chi connectivity index (χ2n) is 7.03. The van der Waals surface area contributed by atoms with E-state index < -0.39 is 28.5 Å². The second kappa shape index (κ2) is 11.2. The quantitative estimate of drug-likeness (QED) is 0.542. The summed E-state index contributed by atoms with van der Waals surface area (Å²) in [5.41, 5.74) is 0.811. The van der Waals surface area contributed by atoms with Gasteiger partial charge in [0.2, 0.25) is 21.8 Å². The van der Waals surface area contributed by atoms with Gasteiger partial charge in [0.05, 0.1) is 22.0 Å². The molecular weight excluding hydrogens is 497 g/mol. The third-order valence-corrected chi connectivity index (χ3v) is 6.96. The van der Waals surface area contributed by atoms with E-state index >= 15 is 0 Å². The summed E-state index contributed by atoms with van der Waals surface area (Å²) in [7, 11) is -2.42. The van der Waals surface area contributed by atoms with E-state index in [1.54, 1.807) is 31.2 Å². The number of carbonyl (C=O) groups excluding carboxylic acids is 2. The summed E-state index contributed by atoms with van der Waals surface area (Å²) < 4.78 is 26.0. The average Bonchev–Trinajstić information content (AvgIpc) is 2.74. The Balaban J connectivity index is 2.46. The zero-order valence-electron chi connectivity index (χ0n) is 17.8. The molecule has 0 aliphatic carbocycles. The van der Waals surface area contributed by atoms with Crippen LogP contribution in [0.1, 0.15) is 18.9 Å². The van der Waals surface area contributed by atoms with Gasteiger partial charge in [0.15, 0.2) is 0 Å². The third kappa shape index (κ3) is 6.51. The summed E-state index contributed by atoms with van der Waals surface area (Å²) in [5, 5.41) is 3.25. The van der Waals surface area contributed by atoms with Gasteiger partial charge in [-0.1, -0.05) is 59.9 Å². The lowest BCUT2D eigenvalue weighted by Gasteiger charge is -2.32. The highest BCUT2D eigenvalue weighted by Gasteiger charge is 2.32. The first-order chi connectivity index (χ1) is 15.0. The van der Waals surface area contributed by atoms with Gasteiger partial charge in [-0.05, 0) is 36.2 Å². The summed E-state index contributed by atoms with van der Waals surface area (Å²) in [5.74, 6) is -0.932. The molecule has 0 aliphatic rings. The van der Waals surface area contributed by atoms with E-state index in [0.717, 1.165) is 16.1 Å². The van der Waals surface area contributed by atoms with E-state index in [1.807, 2.05) is 0 Å². The fraction of sp³-hybridized carbons (Fsp3) is 0.333. The highest BCUT2D eigenvalue weighted by molar-refractivity contribution is 7.92. The Morgan fingerprint density at radius 3 is 2.22 bits per heavy atom. The molecule has 0 bridgehead atoms. The first-order valence-electron chi connectivity index (χ1n) is 9.66. The maximum absolute atomic E-state index is 13.4. The molecular formula is C21H24Cl3N3O4S. The number of nitrogens with zero attached hydrogens (tertiary/aromatic N) is 2. The Bertz CT molecular complexity index is 1080. The standard InChI is InChI=1S/C21H24Cl3N3O4S/c1-4-17(21(29)25-2)26(12-14-8-10-15(22)11-9-14)19(28)13-27(32(3,30)31)18-7-5-6-16(23)20(18)24/h5-11,17H,4,12-13H2,1-3H3,(H,25,29)/t17-/m1/s1. The minimum Gasteiger partial charge on any atom is -0.357 e. The number of likely N-dealkylation sites (N-methyl/N-ethyl adjacent to an activating group) is 1. The van der Waals surface area contributed by atoms with Crippen LogP contribution in [0.2, 0.25) is 15.1 Å². The Kier molecular flexibility index (Phi) is 9.21. The van der Waals surface area contributed by atoms with Crippen LogP contribution in [0.15, 0.2) is 42.5 Å². The maximum Gasteiger partial charge on any atom is 0.244 e. The number of rotatable bonds is 9. The van der Waals surface area contributed by atoms with Gasteiger partial charge in [0, 0.05) is 18.6 Å². The zero-order valence-corrected chi connectivity index (χ0v) is 20.9. The lowest BCUT2D eigenvalue weighted by Crippen LogP contribution is -2.51. The van der Waals surface area contributed by atoms with Crippen molar-refractivity contribution >= 4 is 62.3 Å². The van der Waals surface area contributed by atoms with Crippen molar-refractivity contribution in [2.75, 3.05) is 24.2 Å². The molecule has 2 aromatic rings. The largest absolute Gasteiger partial charge is 0.357 e. The number of carbonyl (C=O) groups is 2. The van der Waals surface area contributed by atoms with Gasteiger partial charge in [-0.25, -0.2) is 8.42 Å². The van der Waals surface area contributed by atoms with Crippen molar-refractivity contribution in [2.45, 2.75) is 25.9 Å². The molecule has 0 saturated heterocycles. The number of anilines is 1. The Labute approximate surface area is 203 Å². The van der Waals surface area contributed by atoms with E-state index in [-0.39, 0.29) is 28.2 Å². The summed E-state index contributed by atoms with van der Waals surface area (Å²) >= 11 is 18.2. The monoisotopic (exact) mass is 519 g/mol. The van der Waals surface area contributed by atoms with Crippen LogP contribution in [0.3, 0.4) is 0 Å². The normalized spacial score (nSPS) is 12.2. The molecule has 0 radical (unpaired) electrons. The van der Waals surface area contributed by atoms with Crippen LogP contribution >= 0.6 is 34.8 Å². The minimum absolute atomic E-state index is 0.00925. The number of hydrogen-bond donors (Lipinski definition) is 1. The Morgan fingerprint density at radius 2 is 1.69 bits per heavy atom. The number of sulfonamides is 1. The maximum atomic E-state index is 13.4. The molecule has 174 valence electrons. The predicted molar refractivity (Wildman–Crippen MR) is 129 cm³/mol. The van der Waals surface area contributed by atoms with Crippen molar-refractivity contribution in [3.8, 4) is 0 Å². The third-order valence-electron chi connectivity index (χ3n) is 4.78. The number of halogens is 3. The molecule has 1 N–H and O–H groups in total. The summed E-state index contributed by atoms with van der Waals surface area (Å²) in [6.45, 7) is 1.30. The number of nitrogens with one attached hydrogen (secondary N) is 1. The van der Waals surface area contributed by atoms with Crippen LogP contribution < -0.4 is 9.62 Å². The molecule has 11 heteroatoms. The summed E-state index contributed by atoms with van der Waals surface area (Å²) in [4.78, 5) is 27.2. The van der Waals surface area contributed by atoms with Crippen LogP contribution in [-0.4, -0.2) is 51.0 Å². The number of hydrogen-bond acceptors (Lipinski definition) is 4. The highest BCUT2D eigenvalue weighted by Crippen LogP contribution is 2.33. The molecule has 2 amide bonds. The van der Waals surface area contributed by atoms with Gasteiger partial charge >= 0.3 is 0 Å². The number of benzene rings is 2. The van der Waals surface area contributed by atoms with Gasteiger partial charge in [-0.15, -0.1) is 0 Å². The van der Waals surface area contributed by atoms with Crippen molar-refractivity contribution < 1.29 is 18.0 Å². The van der Waals surface area contributed by atoms with E-state index in [4.69, 9.17) is 34.8 Å². The number of amides is 2. The molecule has 2 aromatic carbocycles. The lowest BCUT2D eigenvalue weighted by atomic mass is 10.1. The molecule has 0 unspecified atom stereocenters. The fourth-order valence-electron chi connectivity index (χ4n) is 3.15. The first-order valence-corrected chi connectivity index (χ1v) is 12.6. The molecule has 0 saturated carbocycles. The molecule has 0 fully saturated rings. The van der Waals surface area contributed by atoms with Crippen molar-refractivity contribution in [1.29, 1.82) is 0 Å². The van der Waals surface area contributed by atoms with Gasteiger partial charge in [-0.2, -0.15) is 0 Å². The van der Waals surface area contributed by atoms with Crippen LogP contribution in [0.5, 0.6) is 0 Å². The molecule has 0 spiro atoms. The van der Waals surface area contributed by atoms with Crippen LogP contribution in [0.4, 0.5) is 5.69 Å². The van der Waals surface area contributed by atoms with Gasteiger partial charge in [0.25, 0.3) is 0 Å². The van der Waals surface area contributed by atoms with Crippen LogP contribution in [0.25, 0.3) is 0 Å². The summed E-state index contributed by atoms with van der Waals surface area (Å²) in [6.07, 6.45) is 1.30. The highest BCUT2D eigenvalue weighted by atomic mass is 35.5. The van der Waals surface area contributed by atoms with Gasteiger partial charge in [-0.3, -0.25) is 13.9 Å². The zero-order chi connectivity index (χ0) is 24.1. The van der Waals surface area contributed by atoms with Crippen molar-refractivity contribution in [3.63, 3.8) is 0 Å². The van der Waals surface area contributed by atoms with E-state index in [2.05, 4.69) is 5.32 Å². The second-order valence-corrected chi connectivity index (χ2v) is 10.2. The van der Waals surface area contributed by atoms with Crippen molar-refractivity contribution in [1.82, 2.24) is 10.2 Å². The molecule has 0 heterocycles. The van der Waals surface area contributed by atoms with E-state index in [0.29, 0.717) is 11.4 Å².